The summed E-state index contributed by atoms with van der Waals surface area (Å²) in [5, 5.41) is 15.8. The molecule has 1 saturated heterocycles. The van der Waals surface area contributed by atoms with Gasteiger partial charge in [0.15, 0.2) is 18.6 Å². The summed E-state index contributed by atoms with van der Waals surface area (Å²) in [4.78, 5) is 61.6. The monoisotopic (exact) mass is 702 g/mol. The summed E-state index contributed by atoms with van der Waals surface area (Å²) in [6.07, 6.45) is -6.13. The minimum absolute atomic E-state index is 0.158. The Morgan fingerprint density at radius 2 is 1.75 bits per heavy atom. The summed E-state index contributed by atoms with van der Waals surface area (Å²) in [6, 6.07) is 6.74. The maximum absolute atomic E-state index is 16.0. The molecule has 2 aromatic rings. The number of ether oxygens (including phenoxy) is 4. The van der Waals surface area contributed by atoms with Crippen LogP contribution in [0.1, 0.15) is 40.8 Å². The van der Waals surface area contributed by atoms with Gasteiger partial charge >= 0.3 is 31.3 Å². The lowest BCUT2D eigenvalue weighted by Crippen LogP contribution is -2.47. The molecule has 0 aliphatic carbocycles. The molecule has 7 atom stereocenters. The molecular weight excluding hydrogens is 662 g/mol. The van der Waals surface area contributed by atoms with Crippen LogP contribution in [0.25, 0.3) is 0 Å². The molecule has 3 N–H and O–H groups in total. The lowest BCUT2D eigenvalue weighted by Gasteiger charge is -2.25. The molecule has 0 saturated carbocycles. The first-order valence-electron chi connectivity index (χ1n) is 14.8. The van der Waals surface area contributed by atoms with Crippen molar-refractivity contribution >= 4 is 25.6 Å². The Kier molecular flexibility index (Phi) is 13.1. The topological polar surface area (TPSA) is 212 Å². The molecule has 0 radical (unpaired) electrons. The smallest absolute Gasteiger partial charge is 0.407 e. The number of aliphatic hydroxyl groups excluding tert-OH is 1. The standard InChI is InChI=1S/C29H40FN4O13P/c1-17(2)45-25(38)18(3)31-15-48(41,47-20-10-8-7-9-11-20)44-14-21-23(36)29(5,30)26(46-21)33-13-12-22(35)34(28(33)40)16-43-24(37)19(4)32-27(39)42-6/h7-13,17-19,21,23,26,31,36H,14-16H2,1-6H3,(H,32,39)/t18-,19-,21+,23+,26+,29+,48?/m0/s1. The number of hydrogen-bond acceptors (Lipinski definition) is 14. The molecule has 1 aliphatic heterocycles. The van der Waals surface area contributed by atoms with E-state index in [0.29, 0.717) is 9.13 Å². The first-order valence-corrected chi connectivity index (χ1v) is 16.5. The second-order valence-electron chi connectivity index (χ2n) is 11.2. The SMILES string of the molecule is COC(=O)N[C@@H](C)C(=O)OCn1c(=O)ccn([C@@H]2O[C@H](COP(=O)(CN[C@@H](C)C(=O)OC(C)C)Oc3ccccc3)[C@@H](O)[C@@]2(C)F)c1=O. The first-order chi connectivity index (χ1) is 22.5. The van der Waals surface area contributed by atoms with E-state index in [-0.39, 0.29) is 5.75 Å². The highest BCUT2D eigenvalue weighted by molar-refractivity contribution is 7.54. The van der Waals surface area contributed by atoms with Crippen LogP contribution >= 0.6 is 7.60 Å². The Morgan fingerprint density at radius 1 is 1.08 bits per heavy atom. The van der Waals surface area contributed by atoms with Gasteiger partial charge in [-0.2, -0.15) is 0 Å². The van der Waals surface area contributed by atoms with Crippen molar-refractivity contribution in [1.82, 2.24) is 19.8 Å². The van der Waals surface area contributed by atoms with Crippen molar-refractivity contribution in [3.63, 3.8) is 0 Å². The van der Waals surface area contributed by atoms with E-state index in [9.17, 15) is 33.6 Å². The predicted molar refractivity (Wildman–Crippen MR) is 165 cm³/mol. The van der Waals surface area contributed by atoms with Crippen molar-refractivity contribution in [3.05, 3.63) is 63.4 Å². The van der Waals surface area contributed by atoms with Gasteiger partial charge in [-0.3, -0.25) is 24.0 Å². The zero-order valence-electron chi connectivity index (χ0n) is 27.2. The van der Waals surface area contributed by atoms with Gasteiger partial charge in [0.05, 0.1) is 19.8 Å². The number of alkyl carbamates (subject to hydrolysis) is 1. The van der Waals surface area contributed by atoms with Crippen LogP contribution in [0.5, 0.6) is 5.75 Å². The summed E-state index contributed by atoms with van der Waals surface area (Å²) in [5.41, 5.74) is -4.72. The number of alkyl halides is 1. The Hall–Kier alpha value is -4.09. The minimum atomic E-state index is -4.17. The van der Waals surface area contributed by atoms with Gasteiger partial charge in [0, 0.05) is 12.3 Å². The molecule has 3 rings (SSSR count). The normalized spacial score (nSPS) is 23.1. The van der Waals surface area contributed by atoms with Gasteiger partial charge in [-0.1, -0.05) is 18.2 Å². The molecule has 1 aromatic heterocycles. The highest BCUT2D eigenvalue weighted by Crippen LogP contribution is 2.49. The van der Waals surface area contributed by atoms with Crippen LogP contribution in [0.15, 0.2) is 52.2 Å². The van der Waals surface area contributed by atoms with Gasteiger partial charge in [-0.15, -0.1) is 0 Å². The van der Waals surface area contributed by atoms with Crippen molar-refractivity contribution in [2.75, 3.05) is 20.0 Å². The Balaban J connectivity index is 1.78. The molecule has 2 heterocycles. The van der Waals surface area contributed by atoms with E-state index in [1.165, 1.54) is 26.0 Å². The van der Waals surface area contributed by atoms with E-state index in [1.807, 2.05) is 0 Å². The summed E-state index contributed by atoms with van der Waals surface area (Å²) < 4.78 is 62.4. The van der Waals surface area contributed by atoms with E-state index in [2.05, 4.69) is 15.4 Å². The third-order valence-corrected chi connectivity index (χ3v) is 8.60. The van der Waals surface area contributed by atoms with Crippen LogP contribution in [-0.2, 0) is 44.4 Å². The molecule has 19 heteroatoms. The van der Waals surface area contributed by atoms with Gasteiger partial charge in [0.2, 0.25) is 0 Å². The largest absolute Gasteiger partial charge is 0.462 e. The highest BCUT2D eigenvalue weighted by Gasteiger charge is 2.56. The minimum Gasteiger partial charge on any atom is -0.462 e. The Labute approximate surface area is 274 Å². The van der Waals surface area contributed by atoms with Crippen molar-refractivity contribution in [1.29, 1.82) is 0 Å². The van der Waals surface area contributed by atoms with Gasteiger partial charge in [0.1, 0.15) is 36.3 Å². The maximum atomic E-state index is 16.0. The van der Waals surface area contributed by atoms with Crippen molar-refractivity contribution in [2.45, 2.75) is 83.6 Å². The van der Waals surface area contributed by atoms with Crippen LogP contribution < -0.4 is 26.4 Å². The fourth-order valence-electron chi connectivity index (χ4n) is 4.33. The van der Waals surface area contributed by atoms with Crippen molar-refractivity contribution < 1.29 is 56.4 Å². The summed E-state index contributed by atoms with van der Waals surface area (Å²) in [5.74, 6) is -1.47. The Bertz CT molecular complexity index is 1600. The summed E-state index contributed by atoms with van der Waals surface area (Å²) in [6.45, 7) is 5.46. The molecule has 1 aliphatic rings. The zero-order chi connectivity index (χ0) is 35.8. The van der Waals surface area contributed by atoms with Gasteiger partial charge in [-0.05, 0) is 46.8 Å². The lowest BCUT2D eigenvalue weighted by atomic mass is 9.98. The zero-order valence-corrected chi connectivity index (χ0v) is 28.1. The van der Waals surface area contributed by atoms with E-state index in [1.54, 1.807) is 32.0 Å². The molecule has 48 heavy (non-hydrogen) atoms. The molecule has 1 unspecified atom stereocenters. The highest BCUT2D eigenvalue weighted by atomic mass is 31.2. The average molecular weight is 703 g/mol. The predicted octanol–water partition coefficient (Wildman–Crippen LogP) is 1.42. The van der Waals surface area contributed by atoms with E-state index < -0.39 is 98.8 Å². The number of nitrogens with zero attached hydrogens (tertiary/aromatic N) is 2. The molecular formula is C29H40FN4O13P. The molecule has 1 fully saturated rings. The van der Waals surface area contributed by atoms with Crippen LogP contribution in [0, 0.1) is 0 Å². The molecule has 0 bridgehead atoms. The van der Waals surface area contributed by atoms with Crippen LogP contribution in [0.3, 0.4) is 0 Å². The quantitative estimate of drug-likeness (QED) is 0.136. The third kappa shape index (κ3) is 9.73. The number of esters is 2. The average Bonchev–Trinajstić information content (AvgIpc) is 3.26. The van der Waals surface area contributed by atoms with Crippen LogP contribution in [0.2, 0.25) is 0 Å². The van der Waals surface area contributed by atoms with Crippen molar-refractivity contribution in [3.8, 4) is 5.75 Å². The number of amides is 1. The van der Waals surface area contributed by atoms with Gasteiger partial charge in [0.25, 0.3) is 5.56 Å². The number of benzene rings is 1. The van der Waals surface area contributed by atoms with Gasteiger partial charge < -0.3 is 33.9 Å². The molecule has 266 valence electrons. The second kappa shape index (κ2) is 16.3. The molecule has 1 amide bonds. The summed E-state index contributed by atoms with van der Waals surface area (Å²) in [7, 11) is -3.09. The van der Waals surface area contributed by atoms with E-state index >= 15 is 4.39 Å². The number of carbonyl (C=O) groups is 3. The number of aliphatic hydroxyl groups is 1. The molecule has 0 spiro atoms. The van der Waals surface area contributed by atoms with Crippen LogP contribution in [0.4, 0.5) is 9.18 Å². The number of halogens is 1. The number of nitrogens with one attached hydrogen (secondary N) is 2. The second-order valence-corrected chi connectivity index (χ2v) is 13.2. The Morgan fingerprint density at radius 3 is 2.38 bits per heavy atom. The van der Waals surface area contributed by atoms with Crippen LogP contribution in [-0.4, -0.2) is 88.3 Å². The number of hydrogen-bond donors (Lipinski definition) is 3. The fraction of sp³-hybridized carbons (Fsp3) is 0.552. The van der Waals surface area contributed by atoms with E-state index in [4.69, 9.17) is 23.3 Å². The molecule has 17 nitrogen and oxygen atoms in total. The number of rotatable bonds is 15. The number of carbonyl (C=O) groups excluding carboxylic acids is 3. The number of aromatic nitrogens is 2. The number of para-hydroxylation sites is 1. The lowest BCUT2D eigenvalue weighted by molar-refractivity contribution is -0.150. The van der Waals surface area contributed by atoms with Crippen molar-refractivity contribution in [2.24, 2.45) is 0 Å². The van der Waals surface area contributed by atoms with Gasteiger partial charge in [-0.25, -0.2) is 27.9 Å². The molecule has 1 aromatic carbocycles. The third-order valence-electron chi connectivity index (χ3n) is 6.99. The summed E-state index contributed by atoms with van der Waals surface area (Å²) >= 11 is 0. The fourth-order valence-corrected chi connectivity index (χ4v) is 5.85. The van der Waals surface area contributed by atoms with E-state index in [0.717, 1.165) is 26.3 Å². The number of methoxy groups -OCH3 is 1. The first kappa shape index (κ1) is 38.4. The maximum Gasteiger partial charge on any atom is 0.407 e.